The lowest BCUT2D eigenvalue weighted by Gasteiger charge is -2.07. The van der Waals surface area contributed by atoms with E-state index in [4.69, 9.17) is 9.40 Å². The molecule has 5 rings (SSSR count). The zero-order valence-corrected chi connectivity index (χ0v) is 18.8. The molecule has 4 nitrogen and oxygen atoms in total. The SMILES string of the molecule is O=c1oc2ccccc2cc1-c1cn(-c2ccc(Br)cc2)c(SCc2ccccc2)n1. The second kappa shape index (κ2) is 8.57. The third kappa shape index (κ3) is 4.22. The second-order valence-electron chi connectivity index (χ2n) is 7.01. The number of para-hydroxylation sites is 1. The van der Waals surface area contributed by atoms with E-state index in [9.17, 15) is 4.79 Å². The standard InChI is InChI=1S/C25H17BrN2O2S/c26-19-10-12-20(13-11-19)28-15-22(27-25(28)31-16-17-6-2-1-3-7-17)21-14-18-8-4-5-9-23(18)30-24(21)29/h1-15H,16H2. The molecule has 3 aromatic carbocycles. The summed E-state index contributed by atoms with van der Waals surface area (Å²) < 4.78 is 8.55. The lowest BCUT2D eigenvalue weighted by molar-refractivity contribution is 0.563. The first-order valence-corrected chi connectivity index (χ1v) is 11.5. The molecule has 2 heterocycles. The summed E-state index contributed by atoms with van der Waals surface area (Å²) >= 11 is 5.12. The fourth-order valence-electron chi connectivity index (χ4n) is 3.34. The molecule has 0 saturated carbocycles. The van der Waals surface area contributed by atoms with Crippen LogP contribution in [0.25, 0.3) is 27.9 Å². The van der Waals surface area contributed by atoms with E-state index in [-0.39, 0.29) is 0 Å². The highest BCUT2D eigenvalue weighted by molar-refractivity contribution is 9.10. The second-order valence-corrected chi connectivity index (χ2v) is 8.87. The number of hydrogen-bond donors (Lipinski definition) is 0. The Kier molecular flexibility index (Phi) is 5.49. The maximum atomic E-state index is 12.7. The Morgan fingerprint density at radius 2 is 1.68 bits per heavy atom. The predicted octanol–water partition coefficient (Wildman–Crippen LogP) is 6.70. The number of benzene rings is 3. The molecule has 152 valence electrons. The monoisotopic (exact) mass is 488 g/mol. The van der Waals surface area contributed by atoms with Crippen LogP contribution in [-0.2, 0) is 5.75 Å². The van der Waals surface area contributed by atoms with E-state index in [1.165, 1.54) is 5.56 Å². The van der Waals surface area contributed by atoms with Crippen LogP contribution in [0.1, 0.15) is 5.56 Å². The Morgan fingerprint density at radius 3 is 2.48 bits per heavy atom. The van der Waals surface area contributed by atoms with Crippen LogP contribution in [-0.4, -0.2) is 9.55 Å². The van der Waals surface area contributed by atoms with Gasteiger partial charge < -0.3 is 4.42 Å². The fourth-order valence-corrected chi connectivity index (χ4v) is 4.56. The Balaban J connectivity index is 1.59. The van der Waals surface area contributed by atoms with Gasteiger partial charge in [-0.3, -0.25) is 4.57 Å². The minimum atomic E-state index is -0.390. The van der Waals surface area contributed by atoms with Crippen LogP contribution in [0.3, 0.4) is 0 Å². The zero-order chi connectivity index (χ0) is 21.2. The Bertz CT molecular complexity index is 1410. The molecule has 0 radical (unpaired) electrons. The van der Waals surface area contributed by atoms with Gasteiger partial charge in [0.15, 0.2) is 5.16 Å². The summed E-state index contributed by atoms with van der Waals surface area (Å²) in [4.78, 5) is 17.5. The average Bonchev–Trinajstić information content (AvgIpc) is 3.22. The summed E-state index contributed by atoms with van der Waals surface area (Å²) in [6.45, 7) is 0. The van der Waals surface area contributed by atoms with Gasteiger partial charge in [0.05, 0.1) is 11.3 Å². The Labute approximate surface area is 191 Å². The molecule has 0 fully saturated rings. The molecular formula is C25H17BrN2O2S. The summed E-state index contributed by atoms with van der Waals surface area (Å²) in [5.74, 6) is 0.778. The van der Waals surface area contributed by atoms with Gasteiger partial charge in [0, 0.05) is 27.5 Å². The predicted molar refractivity (Wildman–Crippen MR) is 129 cm³/mol. The van der Waals surface area contributed by atoms with E-state index < -0.39 is 5.63 Å². The highest BCUT2D eigenvalue weighted by Gasteiger charge is 2.16. The maximum absolute atomic E-state index is 12.7. The highest BCUT2D eigenvalue weighted by atomic mass is 79.9. The quantitative estimate of drug-likeness (QED) is 0.204. The Morgan fingerprint density at radius 1 is 0.935 bits per heavy atom. The van der Waals surface area contributed by atoms with E-state index in [1.807, 2.05) is 77.5 Å². The maximum Gasteiger partial charge on any atom is 0.345 e. The number of imidazole rings is 1. The van der Waals surface area contributed by atoms with Gasteiger partial charge in [-0.25, -0.2) is 9.78 Å². The highest BCUT2D eigenvalue weighted by Crippen LogP contribution is 2.30. The fraction of sp³-hybridized carbons (Fsp3) is 0.0400. The van der Waals surface area contributed by atoms with E-state index in [0.29, 0.717) is 16.8 Å². The summed E-state index contributed by atoms with van der Waals surface area (Å²) in [5, 5.41) is 1.68. The number of fused-ring (bicyclic) bond motifs is 1. The zero-order valence-electron chi connectivity index (χ0n) is 16.4. The number of thioether (sulfide) groups is 1. The van der Waals surface area contributed by atoms with Gasteiger partial charge in [0.25, 0.3) is 0 Å². The molecule has 6 heteroatoms. The average molecular weight is 489 g/mol. The van der Waals surface area contributed by atoms with Crippen LogP contribution in [0.4, 0.5) is 0 Å². The van der Waals surface area contributed by atoms with Crippen molar-refractivity contribution in [1.82, 2.24) is 9.55 Å². The minimum Gasteiger partial charge on any atom is -0.422 e. The summed E-state index contributed by atoms with van der Waals surface area (Å²) in [5.41, 5.74) is 3.42. The third-order valence-corrected chi connectivity index (χ3v) is 6.46. The molecule has 2 aromatic heterocycles. The molecule has 0 aliphatic heterocycles. The van der Waals surface area contributed by atoms with E-state index in [1.54, 1.807) is 17.8 Å². The van der Waals surface area contributed by atoms with Crippen molar-refractivity contribution in [2.24, 2.45) is 0 Å². The molecule has 0 aliphatic carbocycles. The molecule has 0 atom stereocenters. The van der Waals surface area contributed by atoms with Gasteiger partial charge >= 0.3 is 5.63 Å². The molecule has 0 saturated heterocycles. The van der Waals surface area contributed by atoms with Gasteiger partial charge in [0.1, 0.15) is 5.58 Å². The van der Waals surface area contributed by atoms with Crippen LogP contribution < -0.4 is 5.63 Å². The summed E-state index contributed by atoms with van der Waals surface area (Å²) in [6.07, 6.45) is 1.90. The van der Waals surface area contributed by atoms with Crippen molar-refractivity contribution in [3.63, 3.8) is 0 Å². The largest absolute Gasteiger partial charge is 0.422 e. The van der Waals surface area contributed by atoms with Gasteiger partial charge in [-0.1, -0.05) is 76.2 Å². The Hall–Kier alpha value is -3.09. The first kappa shape index (κ1) is 19.8. The third-order valence-electron chi connectivity index (χ3n) is 4.91. The van der Waals surface area contributed by atoms with Crippen LogP contribution in [0, 0.1) is 0 Å². The van der Waals surface area contributed by atoms with Crippen LogP contribution >= 0.6 is 27.7 Å². The van der Waals surface area contributed by atoms with Crippen LogP contribution in [0.15, 0.2) is 110 Å². The molecule has 0 aliphatic rings. The minimum absolute atomic E-state index is 0.390. The van der Waals surface area contributed by atoms with Crippen molar-refractivity contribution >= 4 is 38.7 Å². The van der Waals surface area contributed by atoms with Gasteiger partial charge in [-0.2, -0.15) is 0 Å². The lowest BCUT2D eigenvalue weighted by Crippen LogP contribution is -2.02. The molecule has 31 heavy (non-hydrogen) atoms. The molecule has 0 spiro atoms. The summed E-state index contributed by atoms with van der Waals surface area (Å²) in [7, 11) is 0. The molecule has 0 bridgehead atoms. The summed E-state index contributed by atoms with van der Waals surface area (Å²) in [6, 6.07) is 27.6. The van der Waals surface area contributed by atoms with Crippen molar-refractivity contribution in [2.75, 3.05) is 0 Å². The number of aromatic nitrogens is 2. The topological polar surface area (TPSA) is 48.0 Å². The first-order valence-electron chi connectivity index (χ1n) is 9.73. The number of halogens is 1. The number of rotatable bonds is 5. The van der Waals surface area contributed by atoms with E-state index >= 15 is 0 Å². The smallest absolute Gasteiger partial charge is 0.345 e. The normalized spacial score (nSPS) is 11.1. The number of hydrogen-bond acceptors (Lipinski definition) is 4. The van der Waals surface area contributed by atoms with E-state index in [0.717, 1.165) is 26.5 Å². The van der Waals surface area contributed by atoms with Crippen LogP contribution in [0.2, 0.25) is 0 Å². The molecule has 0 amide bonds. The molecule has 0 unspecified atom stereocenters. The van der Waals surface area contributed by atoms with Crippen molar-refractivity contribution < 1.29 is 4.42 Å². The van der Waals surface area contributed by atoms with Crippen molar-refractivity contribution in [2.45, 2.75) is 10.9 Å². The molecule has 5 aromatic rings. The first-order chi connectivity index (χ1) is 15.2. The van der Waals surface area contributed by atoms with Gasteiger partial charge in [-0.15, -0.1) is 0 Å². The molecular weight excluding hydrogens is 472 g/mol. The molecule has 0 N–H and O–H groups in total. The number of nitrogens with zero attached hydrogens (tertiary/aromatic N) is 2. The van der Waals surface area contributed by atoms with Gasteiger partial charge in [-0.05, 0) is 42.0 Å². The van der Waals surface area contributed by atoms with Gasteiger partial charge in [0.2, 0.25) is 0 Å². The van der Waals surface area contributed by atoms with Crippen LogP contribution in [0.5, 0.6) is 0 Å². The lowest BCUT2D eigenvalue weighted by atomic mass is 10.1. The van der Waals surface area contributed by atoms with Crippen molar-refractivity contribution in [3.05, 3.63) is 112 Å². The van der Waals surface area contributed by atoms with Crippen molar-refractivity contribution in [1.29, 1.82) is 0 Å². The van der Waals surface area contributed by atoms with E-state index in [2.05, 4.69) is 28.1 Å². The van der Waals surface area contributed by atoms with Crippen molar-refractivity contribution in [3.8, 4) is 16.9 Å².